The number of hydrogen-bond acceptors (Lipinski definition) is 2. The first kappa shape index (κ1) is 16.1. The molecular formula is C21H24N2O2. The normalized spacial score (nSPS) is 23.0. The molecule has 2 bridgehead atoms. The largest absolute Gasteiger partial charge is 0.341 e. The highest BCUT2D eigenvalue weighted by Gasteiger charge is 2.37. The second-order valence-corrected chi connectivity index (χ2v) is 7.31. The fourth-order valence-electron chi connectivity index (χ4n) is 4.54. The number of hydrogen-bond donors (Lipinski definition) is 0. The third-order valence-electron chi connectivity index (χ3n) is 5.70. The summed E-state index contributed by atoms with van der Waals surface area (Å²) in [6.07, 6.45) is 1.89. The molecule has 1 aromatic carbocycles. The Balaban J connectivity index is 1.59. The van der Waals surface area contributed by atoms with Crippen molar-refractivity contribution in [2.24, 2.45) is 5.92 Å². The number of carbonyl (C=O) groups is 1. The molecule has 0 radical (unpaired) electrons. The first-order valence-corrected chi connectivity index (χ1v) is 9.21. The molecule has 4 heteroatoms. The van der Waals surface area contributed by atoms with Crippen molar-refractivity contribution < 1.29 is 4.79 Å². The number of amides is 1. The molecule has 4 rings (SSSR count). The minimum atomic E-state index is -0.0713. The second-order valence-electron chi connectivity index (χ2n) is 7.31. The number of nitrogens with zero attached hydrogens (tertiary/aromatic N) is 2. The average molecular weight is 336 g/mol. The van der Waals surface area contributed by atoms with Crippen molar-refractivity contribution in [1.29, 1.82) is 0 Å². The smallest absolute Gasteiger partial charge is 0.250 e. The Morgan fingerprint density at radius 2 is 1.88 bits per heavy atom. The van der Waals surface area contributed by atoms with E-state index >= 15 is 0 Å². The van der Waals surface area contributed by atoms with Crippen LogP contribution in [0.25, 0.3) is 0 Å². The molecule has 1 saturated heterocycles. The highest BCUT2D eigenvalue weighted by molar-refractivity contribution is 5.84. The minimum Gasteiger partial charge on any atom is -0.341 e. The fourth-order valence-corrected chi connectivity index (χ4v) is 4.54. The van der Waals surface area contributed by atoms with Crippen molar-refractivity contribution in [2.45, 2.75) is 38.1 Å². The van der Waals surface area contributed by atoms with Crippen molar-refractivity contribution >= 4 is 5.91 Å². The summed E-state index contributed by atoms with van der Waals surface area (Å²) in [7, 11) is 0. The topological polar surface area (TPSA) is 42.3 Å². The van der Waals surface area contributed by atoms with E-state index < -0.39 is 0 Å². The number of carbonyl (C=O) groups excluding carboxylic acids is 1. The van der Waals surface area contributed by atoms with Crippen molar-refractivity contribution in [3.8, 4) is 0 Å². The van der Waals surface area contributed by atoms with Gasteiger partial charge in [-0.05, 0) is 30.4 Å². The lowest BCUT2D eigenvalue weighted by molar-refractivity contribution is -0.135. The summed E-state index contributed by atoms with van der Waals surface area (Å²) in [5.74, 6) is 0.815. The van der Waals surface area contributed by atoms with E-state index in [-0.39, 0.29) is 23.3 Å². The molecule has 4 nitrogen and oxygen atoms in total. The minimum absolute atomic E-state index is 0.0713. The van der Waals surface area contributed by atoms with Crippen LogP contribution in [0.2, 0.25) is 0 Å². The zero-order valence-corrected chi connectivity index (χ0v) is 14.6. The number of benzene rings is 1. The van der Waals surface area contributed by atoms with E-state index in [0.29, 0.717) is 5.92 Å². The van der Waals surface area contributed by atoms with Gasteiger partial charge in [0.25, 0.3) is 5.56 Å². The van der Waals surface area contributed by atoms with E-state index in [1.54, 1.807) is 6.07 Å². The Kier molecular flexibility index (Phi) is 4.20. The molecule has 0 aliphatic carbocycles. The second kappa shape index (κ2) is 6.51. The summed E-state index contributed by atoms with van der Waals surface area (Å²) in [5.41, 5.74) is 2.28. The molecule has 0 spiro atoms. The number of piperidine rings is 1. The van der Waals surface area contributed by atoms with Gasteiger partial charge in [-0.2, -0.15) is 0 Å². The van der Waals surface area contributed by atoms with Crippen LogP contribution in [0.3, 0.4) is 0 Å². The van der Waals surface area contributed by atoms with Gasteiger partial charge >= 0.3 is 0 Å². The maximum absolute atomic E-state index is 13.2. The maximum atomic E-state index is 13.2. The number of likely N-dealkylation sites (tertiary alicyclic amines) is 1. The molecule has 1 aromatic heterocycles. The Labute approximate surface area is 148 Å². The number of pyridine rings is 1. The monoisotopic (exact) mass is 336 g/mol. The molecule has 0 saturated carbocycles. The Bertz CT molecular complexity index is 827. The van der Waals surface area contributed by atoms with Gasteiger partial charge in [0.05, 0.1) is 5.92 Å². The van der Waals surface area contributed by atoms with Crippen molar-refractivity contribution in [1.82, 2.24) is 9.47 Å². The highest BCUT2D eigenvalue weighted by Crippen LogP contribution is 2.36. The number of rotatable bonds is 3. The van der Waals surface area contributed by atoms with E-state index in [4.69, 9.17) is 0 Å². The van der Waals surface area contributed by atoms with Crippen LogP contribution in [-0.2, 0) is 11.3 Å². The van der Waals surface area contributed by atoms with Gasteiger partial charge in [-0.15, -0.1) is 0 Å². The molecular weight excluding hydrogens is 312 g/mol. The first-order valence-electron chi connectivity index (χ1n) is 9.21. The predicted molar refractivity (Wildman–Crippen MR) is 97.6 cm³/mol. The quantitative estimate of drug-likeness (QED) is 0.865. The van der Waals surface area contributed by atoms with Gasteiger partial charge in [0.15, 0.2) is 0 Å². The molecule has 2 aliphatic heterocycles. The van der Waals surface area contributed by atoms with Gasteiger partial charge in [-0.25, -0.2) is 0 Å². The first-order chi connectivity index (χ1) is 12.2. The van der Waals surface area contributed by atoms with Gasteiger partial charge < -0.3 is 9.47 Å². The van der Waals surface area contributed by atoms with E-state index in [1.807, 2.05) is 51.9 Å². The van der Waals surface area contributed by atoms with Crippen LogP contribution in [0.5, 0.6) is 0 Å². The summed E-state index contributed by atoms with van der Waals surface area (Å²) in [5, 5.41) is 0. The van der Waals surface area contributed by atoms with E-state index in [0.717, 1.165) is 43.7 Å². The van der Waals surface area contributed by atoms with Crippen LogP contribution >= 0.6 is 0 Å². The Hall–Kier alpha value is -2.36. The van der Waals surface area contributed by atoms with Gasteiger partial charge in [0, 0.05) is 37.3 Å². The van der Waals surface area contributed by atoms with Crippen LogP contribution in [0.15, 0.2) is 53.3 Å². The molecule has 1 amide bonds. The molecule has 0 unspecified atom stereocenters. The molecule has 3 heterocycles. The van der Waals surface area contributed by atoms with Gasteiger partial charge in [0.2, 0.25) is 5.91 Å². The zero-order chi connectivity index (χ0) is 17.4. The summed E-state index contributed by atoms with van der Waals surface area (Å²) in [6, 6.07) is 15.6. The molecule has 0 N–H and O–H groups in total. The number of aromatic nitrogens is 1. The Morgan fingerprint density at radius 3 is 2.64 bits per heavy atom. The average Bonchev–Trinajstić information content (AvgIpc) is 2.64. The van der Waals surface area contributed by atoms with Gasteiger partial charge in [-0.1, -0.05) is 43.3 Å². The van der Waals surface area contributed by atoms with Crippen LogP contribution in [0, 0.1) is 5.92 Å². The van der Waals surface area contributed by atoms with Crippen LogP contribution in [0.1, 0.15) is 42.9 Å². The number of fused-ring (bicyclic) bond motifs is 4. The van der Waals surface area contributed by atoms with E-state index in [9.17, 15) is 9.59 Å². The summed E-state index contributed by atoms with van der Waals surface area (Å²) >= 11 is 0. The lowest BCUT2D eigenvalue weighted by Crippen LogP contribution is -2.50. The summed E-state index contributed by atoms with van der Waals surface area (Å²) in [6.45, 7) is 4.30. The molecule has 2 aromatic rings. The van der Waals surface area contributed by atoms with E-state index in [2.05, 4.69) is 6.92 Å². The van der Waals surface area contributed by atoms with Gasteiger partial charge in [0.1, 0.15) is 0 Å². The van der Waals surface area contributed by atoms with Crippen LogP contribution in [0.4, 0.5) is 0 Å². The van der Waals surface area contributed by atoms with Gasteiger partial charge in [-0.3, -0.25) is 9.59 Å². The van der Waals surface area contributed by atoms with E-state index in [1.165, 1.54) is 0 Å². The Morgan fingerprint density at radius 1 is 1.08 bits per heavy atom. The molecule has 3 atom stereocenters. The summed E-state index contributed by atoms with van der Waals surface area (Å²) < 4.78 is 1.91. The van der Waals surface area contributed by atoms with Crippen molar-refractivity contribution in [3.05, 3.63) is 70.1 Å². The molecule has 25 heavy (non-hydrogen) atoms. The molecule has 2 aliphatic rings. The van der Waals surface area contributed by atoms with Crippen LogP contribution < -0.4 is 5.56 Å². The SMILES string of the molecule is CC[C@H](C(=O)N1C[C@@H]2C[C@H](C1)c1cccc(=O)n1C2)c1ccccc1. The fraction of sp³-hybridized carbons (Fsp3) is 0.429. The predicted octanol–water partition coefficient (Wildman–Crippen LogP) is 2.99. The molecule has 130 valence electrons. The lowest BCUT2D eigenvalue weighted by Gasteiger charge is -2.43. The van der Waals surface area contributed by atoms with Crippen molar-refractivity contribution in [2.75, 3.05) is 13.1 Å². The molecule has 1 fully saturated rings. The standard InChI is InChI=1S/C21H24N2O2/c1-2-18(16-7-4-3-5-8-16)21(25)22-12-15-11-17(14-22)19-9-6-10-20(24)23(19)13-15/h3-10,15,17-18H,2,11-14H2,1H3/t15-,17+,18-/m0/s1. The van der Waals surface area contributed by atoms with Crippen molar-refractivity contribution in [3.63, 3.8) is 0 Å². The zero-order valence-electron chi connectivity index (χ0n) is 14.6. The maximum Gasteiger partial charge on any atom is 0.250 e. The van der Waals surface area contributed by atoms with Crippen LogP contribution in [-0.4, -0.2) is 28.5 Å². The third kappa shape index (κ3) is 2.90. The third-order valence-corrected chi connectivity index (χ3v) is 5.70. The summed E-state index contributed by atoms with van der Waals surface area (Å²) in [4.78, 5) is 27.4. The highest BCUT2D eigenvalue weighted by atomic mass is 16.2. The lowest BCUT2D eigenvalue weighted by atomic mass is 9.82.